The highest BCUT2D eigenvalue weighted by Crippen LogP contribution is 2.24. The molecule has 2 rings (SSSR count). The number of thioether (sulfide) groups is 1. The minimum Gasteiger partial charge on any atom is -0.465 e. The van der Waals surface area contributed by atoms with Crippen molar-refractivity contribution in [3.63, 3.8) is 0 Å². The summed E-state index contributed by atoms with van der Waals surface area (Å²) in [5, 5.41) is 18.9. The lowest BCUT2D eigenvalue weighted by Crippen LogP contribution is -2.09. The van der Waals surface area contributed by atoms with Crippen LogP contribution in [0.25, 0.3) is 6.08 Å². The highest BCUT2D eigenvalue weighted by molar-refractivity contribution is 7.99. The molecule has 0 aliphatic heterocycles. The molecule has 0 fully saturated rings. The minimum atomic E-state index is -0.366. The molecule has 2 aromatic rings. The summed E-state index contributed by atoms with van der Waals surface area (Å²) in [6, 6.07) is 5.50. The Hall–Kier alpha value is -2.46. The number of H-pyrrole nitrogens is 1. The Morgan fingerprint density at radius 1 is 1.70 bits per heavy atom. The maximum absolute atomic E-state index is 11.7. The zero-order valence-electron chi connectivity index (χ0n) is 10.7. The van der Waals surface area contributed by atoms with Crippen LogP contribution in [0.2, 0.25) is 0 Å². The average molecular weight is 288 g/mol. The maximum Gasteiger partial charge on any atom is 0.249 e. The van der Waals surface area contributed by atoms with Gasteiger partial charge in [0, 0.05) is 6.08 Å². The third-order valence-corrected chi connectivity index (χ3v) is 3.17. The normalized spacial score (nSPS) is 10.6. The van der Waals surface area contributed by atoms with Crippen LogP contribution in [0.1, 0.15) is 18.2 Å². The molecule has 0 aliphatic carbocycles. The van der Waals surface area contributed by atoms with E-state index < -0.39 is 0 Å². The van der Waals surface area contributed by atoms with Crippen LogP contribution in [-0.4, -0.2) is 21.9 Å². The number of hydrogen-bond acceptors (Lipinski definition) is 5. The van der Waals surface area contributed by atoms with E-state index in [1.807, 2.05) is 13.0 Å². The van der Waals surface area contributed by atoms with Crippen molar-refractivity contribution in [2.45, 2.75) is 11.9 Å². The Morgan fingerprint density at radius 3 is 3.20 bits per heavy atom. The van der Waals surface area contributed by atoms with Crippen molar-refractivity contribution in [3.05, 3.63) is 35.8 Å². The van der Waals surface area contributed by atoms with E-state index in [0.717, 1.165) is 5.75 Å². The van der Waals surface area contributed by atoms with E-state index in [0.29, 0.717) is 22.2 Å². The quantitative estimate of drug-likeness (QED) is 0.651. The molecule has 20 heavy (non-hydrogen) atoms. The molecule has 0 saturated carbocycles. The molecule has 102 valence electrons. The van der Waals surface area contributed by atoms with Gasteiger partial charge in [0.25, 0.3) is 0 Å². The number of nitrogens with one attached hydrogen (secondary N) is 2. The van der Waals surface area contributed by atoms with E-state index >= 15 is 0 Å². The van der Waals surface area contributed by atoms with Gasteiger partial charge in [-0.05, 0) is 24.0 Å². The summed E-state index contributed by atoms with van der Waals surface area (Å²) in [7, 11) is 0. The Labute approximate surface area is 119 Å². The fraction of sp³-hybridized carbons (Fsp3) is 0.154. The summed E-state index contributed by atoms with van der Waals surface area (Å²) < 4.78 is 5.07. The third-order valence-electron chi connectivity index (χ3n) is 2.32. The number of amides is 1. The van der Waals surface area contributed by atoms with Gasteiger partial charge in [0.05, 0.1) is 6.26 Å². The lowest BCUT2D eigenvalue weighted by atomic mass is 10.3. The number of aromatic nitrogens is 2. The standard InChI is InChI=1S/C13H12N4O2S/c1-2-20-13-10(8-14)12(16-17-13)15-11(18)6-5-9-4-3-7-19-9/h3-7H,2H2,1H3,(H2,15,16,17,18). The highest BCUT2D eigenvalue weighted by Gasteiger charge is 2.14. The number of nitrogens with zero attached hydrogens (tertiary/aromatic N) is 2. The number of anilines is 1. The molecule has 0 spiro atoms. The molecule has 2 aromatic heterocycles. The molecule has 2 heterocycles. The van der Waals surface area contributed by atoms with Gasteiger partial charge in [-0.25, -0.2) is 0 Å². The Bertz CT molecular complexity index is 652. The van der Waals surface area contributed by atoms with E-state index in [1.165, 1.54) is 24.1 Å². The lowest BCUT2D eigenvalue weighted by molar-refractivity contribution is -0.111. The predicted molar refractivity (Wildman–Crippen MR) is 76.1 cm³/mol. The van der Waals surface area contributed by atoms with E-state index in [-0.39, 0.29) is 5.91 Å². The predicted octanol–water partition coefficient (Wildman–Crippen LogP) is 2.64. The summed E-state index contributed by atoms with van der Waals surface area (Å²) in [6.45, 7) is 1.96. The van der Waals surface area contributed by atoms with Gasteiger partial charge in [-0.15, -0.1) is 11.8 Å². The van der Waals surface area contributed by atoms with Crippen molar-refractivity contribution in [1.82, 2.24) is 10.2 Å². The van der Waals surface area contributed by atoms with Crippen LogP contribution in [0, 0.1) is 11.3 Å². The number of rotatable bonds is 5. The molecule has 0 atom stereocenters. The summed E-state index contributed by atoms with van der Waals surface area (Å²) in [4.78, 5) is 11.7. The molecule has 7 heteroatoms. The minimum absolute atomic E-state index is 0.303. The van der Waals surface area contributed by atoms with Gasteiger partial charge in [0.2, 0.25) is 5.91 Å². The average Bonchev–Trinajstić information content (AvgIpc) is 3.07. The monoisotopic (exact) mass is 288 g/mol. The van der Waals surface area contributed by atoms with E-state index in [2.05, 4.69) is 15.5 Å². The number of carbonyl (C=O) groups excluding carboxylic acids is 1. The van der Waals surface area contributed by atoms with Gasteiger partial charge in [-0.2, -0.15) is 10.4 Å². The first-order chi connectivity index (χ1) is 9.74. The van der Waals surface area contributed by atoms with Gasteiger partial charge in [-0.1, -0.05) is 6.92 Å². The van der Waals surface area contributed by atoms with E-state index in [4.69, 9.17) is 9.68 Å². The zero-order valence-corrected chi connectivity index (χ0v) is 11.5. The first-order valence-corrected chi connectivity index (χ1v) is 6.87. The van der Waals surface area contributed by atoms with Gasteiger partial charge in [-0.3, -0.25) is 9.89 Å². The highest BCUT2D eigenvalue weighted by atomic mass is 32.2. The van der Waals surface area contributed by atoms with Crippen LogP contribution >= 0.6 is 11.8 Å². The molecule has 0 aliphatic rings. The Morgan fingerprint density at radius 2 is 2.55 bits per heavy atom. The van der Waals surface area contributed by atoms with E-state index in [9.17, 15) is 4.79 Å². The number of carbonyl (C=O) groups is 1. The van der Waals surface area contributed by atoms with Crippen LogP contribution in [0.4, 0.5) is 5.82 Å². The molecule has 0 aromatic carbocycles. The number of aromatic amines is 1. The smallest absolute Gasteiger partial charge is 0.249 e. The zero-order chi connectivity index (χ0) is 14.4. The molecule has 1 amide bonds. The molecular formula is C13H12N4O2S. The molecule has 6 nitrogen and oxygen atoms in total. The second-order valence-corrected chi connectivity index (χ2v) is 4.91. The van der Waals surface area contributed by atoms with Gasteiger partial charge in [0.15, 0.2) is 0 Å². The van der Waals surface area contributed by atoms with Crippen molar-refractivity contribution in [3.8, 4) is 6.07 Å². The Kier molecular flexibility index (Phi) is 4.63. The van der Waals surface area contributed by atoms with Gasteiger partial charge >= 0.3 is 0 Å². The van der Waals surface area contributed by atoms with Crippen molar-refractivity contribution in [2.24, 2.45) is 0 Å². The van der Waals surface area contributed by atoms with Crippen molar-refractivity contribution >= 4 is 29.6 Å². The summed E-state index contributed by atoms with van der Waals surface area (Å²) >= 11 is 1.44. The molecular weight excluding hydrogens is 276 g/mol. The maximum atomic E-state index is 11.7. The van der Waals surface area contributed by atoms with Crippen LogP contribution in [0.15, 0.2) is 33.9 Å². The largest absolute Gasteiger partial charge is 0.465 e. The Balaban J connectivity index is 2.06. The van der Waals surface area contributed by atoms with Crippen LogP contribution in [-0.2, 0) is 4.79 Å². The summed E-state index contributed by atoms with van der Waals surface area (Å²) in [6.07, 6.45) is 4.39. The molecule has 0 saturated heterocycles. The molecule has 2 N–H and O–H groups in total. The fourth-order valence-electron chi connectivity index (χ4n) is 1.47. The van der Waals surface area contributed by atoms with Gasteiger partial charge < -0.3 is 9.73 Å². The number of furan rings is 1. The van der Waals surface area contributed by atoms with E-state index in [1.54, 1.807) is 18.2 Å². The lowest BCUT2D eigenvalue weighted by Gasteiger charge is -1.98. The number of hydrogen-bond donors (Lipinski definition) is 2. The van der Waals surface area contributed by atoms with Gasteiger partial charge in [0.1, 0.15) is 28.2 Å². The molecule has 0 unspecified atom stereocenters. The second kappa shape index (κ2) is 6.63. The van der Waals surface area contributed by atoms with Crippen LogP contribution in [0.3, 0.4) is 0 Å². The fourth-order valence-corrected chi connectivity index (χ4v) is 2.15. The first kappa shape index (κ1) is 14.0. The molecule has 0 bridgehead atoms. The molecule has 0 radical (unpaired) electrons. The van der Waals surface area contributed by atoms with Crippen LogP contribution in [0.5, 0.6) is 0 Å². The number of nitriles is 1. The first-order valence-electron chi connectivity index (χ1n) is 5.88. The van der Waals surface area contributed by atoms with Crippen LogP contribution < -0.4 is 5.32 Å². The topological polar surface area (TPSA) is 94.7 Å². The second-order valence-electron chi connectivity index (χ2n) is 3.66. The summed E-state index contributed by atoms with van der Waals surface area (Å²) in [5.74, 6) is 1.31. The van der Waals surface area contributed by atoms with Crippen molar-refractivity contribution in [1.29, 1.82) is 5.26 Å². The SMILES string of the molecule is CCSc1n[nH]c(NC(=O)C=Cc2ccco2)c1C#N. The van der Waals surface area contributed by atoms with Crippen molar-refractivity contribution < 1.29 is 9.21 Å². The summed E-state index contributed by atoms with van der Waals surface area (Å²) in [5.41, 5.74) is 0.344. The third kappa shape index (κ3) is 3.30. The van der Waals surface area contributed by atoms with Crippen molar-refractivity contribution in [2.75, 3.05) is 11.1 Å².